The van der Waals surface area contributed by atoms with E-state index in [0.717, 1.165) is 43.1 Å². The molecule has 0 saturated carbocycles. The first kappa shape index (κ1) is 19.9. The van der Waals surface area contributed by atoms with E-state index in [1.807, 2.05) is 42.1 Å². The molecule has 0 bridgehead atoms. The van der Waals surface area contributed by atoms with Crippen LogP contribution in [0.1, 0.15) is 47.1 Å². The Labute approximate surface area is 175 Å². The average molecular weight is 406 g/mol. The molecular formula is C22H26N6O2. The first-order valence-corrected chi connectivity index (χ1v) is 10.1. The van der Waals surface area contributed by atoms with Crippen molar-refractivity contribution in [1.82, 2.24) is 24.8 Å². The molecule has 1 saturated heterocycles. The molecule has 3 heterocycles. The quantitative estimate of drug-likeness (QED) is 0.678. The van der Waals surface area contributed by atoms with Crippen LogP contribution in [-0.2, 0) is 7.05 Å². The fourth-order valence-electron chi connectivity index (χ4n) is 3.68. The molecule has 1 amide bonds. The highest BCUT2D eigenvalue weighted by atomic mass is 16.5. The summed E-state index contributed by atoms with van der Waals surface area (Å²) in [7, 11) is 3.52. The highest BCUT2D eigenvalue weighted by Crippen LogP contribution is 2.24. The van der Waals surface area contributed by atoms with Gasteiger partial charge in [-0.05, 0) is 37.0 Å². The Bertz CT molecular complexity index is 995. The topological polar surface area (TPSA) is 85.2 Å². The first-order valence-electron chi connectivity index (χ1n) is 10.1. The van der Waals surface area contributed by atoms with Crippen molar-refractivity contribution in [3.8, 4) is 5.75 Å². The Morgan fingerprint density at radius 1 is 1.13 bits per heavy atom. The number of carbonyl (C=O) groups excluding carboxylic acids is 1. The minimum atomic E-state index is -0.436. The Kier molecular flexibility index (Phi) is 5.92. The van der Waals surface area contributed by atoms with Gasteiger partial charge in [0, 0.05) is 44.9 Å². The van der Waals surface area contributed by atoms with E-state index in [0.29, 0.717) is 11.5 Å². The van der Waals surface area contributed by atoms with Gasteiger partial charge in [0.1, 0.15) is 17.6 Å². The van der Waals surface area contributed by atoms with Crippen molar-refractivity contribution in [2.45, 2.75) is 25.3 Å². The van der Waals surface area contributed by atoms with Gasteiger partial charge in [0.25, 0.3) is 5.91 Å². The summed E-state index contributed by atoms with van der Waals surface area (Å²) >= 11 is 0. The second-order valence-corrected chi connectivity index (χ2v) is 7.40. The van der Waals surface area contributed by atoms with Crippen LogP contribution in [-0.4, -0.2) is 45.6 Å². The fraction of sp³-hybridized carbons (Fsp3) is 0.364. The Hall–Kier alpha value is -3.42. The van der Waals surface area contributed by atoms with Gasteiger partial charge in [-0.2, -0.15) is 0 Å². The number of carbonyl (C=O) groups is 1. The van der Waals surface area contributed by atoms with E-state index in [1.54, 1.807) is 25.7 Å². The molecule has 1 aliphatic heterocycles. The number of ether oxygens (including phenoxy) is 1. The van der Waals surface area contributed by atoms with Gasteiger partial charge in [-0.1, -0.05) is 12.1 Å². The highest BCUT2D eigenvalue weighted by molar-refractivity contribution is 5.94. The van der Waals surface area contributed by atoms with Crippen LogP contribution in [0.3, 0.4) is 0 Å². The Balaban J connectivity index is 1.56. The number of nitrogens with zero attached hydrogens (tertiary/aromatic N) is 5. The van der Waals surface area contributed by atoms with Crippen molar-refractivity contribution in [3.63, 3.8) is 0 Å². The predicted octanol–water partition coefficient (Wildman–Crippen LogP) is 2.73. The summed E-state index contributed by atoms with van der Waals surface area (Å²) in [5.74, 6) is 1.87. The predicted molar refractivity (Wildman–Crippen MR) is 114 cm³/mol. The summed E-state index contributed by atoms with van der Waals surface area (Å²) in [5, 5.41) is 3.07. The molecular weight excluding hydrogens is 380 g/mol. The van der Waals surface area contributed by atoms with Crippen LogP contribution in [0.15, 0.2) is 49.1 Å². The molecule has 1 aliphatic rings. The molecule has 4 rings (SSSR count). The standard InChI is InChI=1S/C22H26N6O2/c1-27-12-9-23-20(27)19(16-7-6-8-18(13-16)30-2)26-21(29)17-14-24-22(25-15-17)28-10-4-3-5-11-28/h6-9,12-15,19H,3-5,10-11H2,1-2H3,(H,26,29). The Morgan fingerprint density at radius 3 is 2.57 bits per heavy atom. The van der Waals surface area contributed by atoms with Gasteiger partial charge < -0.3 is 19.5 Å². The molecule has 0 aliphatic carbocycles. The average Bonchev–Trinajstić information content (AvgIpc) is 3.23. The van der Waals surface area contributed by atoms with Gasteiger partial charge in [-0.15, -0.1) is 0 Å². The van der Waals surface area contributed by atoms with Crippen LogP contribution in [0.2, 0.25) is 0 Å². The molecule has 1 fully saturated rings. The second-order valence-electron chi connectivity index (χ2n) is 7.40. The zero-order valence-electron chi connectivity index (χ0n) is 17.3. The minimum absolute atomic E-state index is 0.254. The number of aromatic nitrogens is 4. The number of benzene rings is 1. The molecule has 2 aromatic heterocycles. The largest absolute Gasteiger partial charge is 0.497 e. The number of nitrogens with one attached hydrogen (secondary N) is 1. The lowest BCUT2D eigenvalue weighted by Crippen LogP contribution is -2.32. The van der Waals surface area contributed by atoms with Gasteiger partial charge in [0.15, 0.2) is 0 Å². The van der Waals surface area contributed by atoms with E-state index in [-0.39, 0.29) is 5.91 Å². The monoisotopic (exact) mass is 406 g/mol. The maximum Gasteiger partial charge on any atom is 0.255 e. The number of rotatable bonds is 6. The van der Waals surface area contributed by atoms with Crippen LogP contribution in [0, 0.1) is 0 Å². The van der Waals surface area contributed by atoms with Crippen molar-refractivity contribution >= 4 is 11.9 Å². The van der Waals surface area contributed by atoms with Crippen molar-refractivity contribution < 1.29 is 9.53 Å². The first-order chi connectivity index (χ1) is 14.7. The normalized spacial score (nSPS) is 14.9. The van der Waals surface area contributed by atoms with Gasteiger partial charge in [-0.25, -0.2) is 15.0 Å². The molecule has 1 aromatic carbocycles. The van der Waals surface area contributed by atoms with Crippen LogP contribution < -0.4 is 15.0 Å². The van der Waals surface area contributed by atoms with Gasteiger partial charge >= 0.3 is 0 Å². The van der Waals surface area contributed by atoms with Crippen molar-refractivity contribution in [3.05, 3.63) is 66.0 Å². The molecule has 3 aromatic rings. The lowest BCUT2D eigenvalue weighted by Gasteiger charge is -2.26. The van der Waals surface area contributed by atoms with E-state index in [1.165, 1.54) is 6.42 Å². The smallest absolute Gasteiger partial charge is 0.255 e. The minimum Gasteiger partial charge on any atom is -0.497 e. The Morgan fingerprint density at radius 2 is 1.90 bits per heavy atom. The molecule has 8 nitrogen and oxygen atoms in total. The summed E-state index contributed by atoms with van der Waals surface area (Å²) in [6.07, 6.45) is 10.3. The SMILES string of the molecule is COc1cccc(C(NC(=O)c2cnc(N3CCCCC3)nc2)c2nccn2C)c1. The van der Waals surface area contributed by atoms with E-state index in [2.05, 4.69) is 25.2 Å². The summed E-state index contributed by atoms with van der Waals surface area (Å²) < 4.78 is 7.24. The summed E-state index contributed by atoms with van der Waals surface area (Å²) in [5.41, 5.74) is 1.29. The van der Waals surface area contributed by atoms with Gasteiger partial charge in [0.2, 0.25) is 5.95 Å². The molecule has 1 N–H and O–H groups in total. The number of amides is 1. The van der Waals surface area contributed by atoms with Crippen molar-refractivity contribution in [1.29, 1.82) is 0 Å². The number of aryl methyl sites for hydroxylation is 1. The van der Waals surface area contributed by atoms with Crippen LogP contribution in [0.25, 0.3) is 0 Å². The number of hydrogen-bond donors (Lipinski definition) is 1. The van der Waals surface area contributed by atoms with E-state index < -0.39 is 6.04 Å². The number of methoxy groups -OCH3 is 1. The summed E-state index contributed by atoms with van der Waals surface area (Å²) in [6, 6.07) is 7.17. The third-order valence-electron chi connectivity index (χ3n) is 5.36. The molecule has 0 radical (unpaired) electrons. The second kappa shape index (κ2) is 8.94. The van der Waals surface area contributed by atoms with E-state index in [4.69, 9.17) is 4.74 Å². The third kappa shape index (κ3) is 4.27. The van der Waals surface area contributed by atoms with E-state index >= 15 is 0 Å². The maximum atomic E-state index is 13.0. The number of anilines is 1. The maximum absolute atomic E-state index is 13.0. The van der Waals surface area contributed by atoms with Gasteiger partial charge in [-0.3, -0.25) is 4.79 Å². The van der Waals surface area contributed by atoms with Crippen LogP contribution >= 0.6 is 0 Å². The zero-order chi connectivity index (χ0) is 20.9. The lowest BCUT2D eigenvalue weighted by atomic mass is 10.1. The summed E-state index contributed by atoms with van der Waals surface area (Å²) in [4.78, 5) is 28.5. The van der Waals surface area contributed by atoms with Crippen LogP contribution in [0.5, 0.6) is 5.75 Å². The molecule has 156 valence electrons. The third-order valence-corrected chi connectivity index (χ3v) is 5.36. The van der Waals surface area contributed by atoms with E-state index in [9.17, 15) is 4.79 Å². The lowest BCUT2D eigenvalue weighted by molar-refractivity contribution is 0.0940. The zero-order valence-corrected chi connectivity index (χ0v) is 17.3. The molecule has 30 heavy (non-hydrogen) atoms. The molecule has 0 spiro atoms. The van der Waals surface area contributed by atoms with Crippen molar-refractivity contribution in [2.24, 2.45) is 7.05 Å². The number of imidazole rings is 1. The number of hydrogen-bond acceptors (Lipinski definition) is 6. The van der Waals surface area contributed by atoms with Crippen LogP contribution in [0.4, 0.5) is 5.95 Å². The van der Waals surface area contributed by atoms with Gasteiger partial charge in [0.05, 0.1) is 12.7 Å². The number of piperidine rings is 1. The highest BCUT2D eigenvalue weighted by Gasteiger charge is 2.23. The molecule has 1 atom stereocenters. The molecule has 1 unspecified atom stereocenters. The van der Waals surface area contributed by atoms with Crippen molar-refractivity contribution in [2.75, 3.05) is 25.1 Å². The summed E-state index contributed by atoms with van der Waals surface area (Å²) in [6.45, 7) is 1.92. The fourth-order valence-corrected chi connectivity index (χ4v) is 3.68. The molecule has 8 heteroatoms.